The first-order chi connectivity index (χ1) is 15.0. The Labute approximate surface area is 184 Å². The third-order valence-corrected chi connectivity index (χ3v) is 6.14. The normalized spacial score (nSPS) is 17.3. The molecule has 1 amide bonds. The predicted molar refractivity (Wildman–Crippen MR) is 127 cm³/mol. The maximum absolute atomic E-state index is 13.0. The number of nitrogens with one attached hydrogen (secondary N) is 2. The van der Waals surface area contributed by atoms with Crippen LogP contribution in [0.2, 0.25) is 0 Å². The molecule has 0 bridgehead atoms. The van der Waals surface area contributed by atoms with Gasteiger partial charge < -0.3 is 25.2 Å². The number of likely N-dealkylation sites (N-methyl/N-ethyl adjacent to an activating group) is 1. The van der Waals surface area contributed by atoms with Gasteiger partial charge in [-0.1, -0.05) is 12.1 Å². The van der Waals surface area contributed by atoms with Crippen LogP contribution in [-0.4, -0.2) is 64.2 Å². The molecule has 2 heterocycles. The molecule has 1 fully saturated rings. The van der Waals surface area contributed by atoms with Crippen LogP contribution in [0.25, 0.3) is 5.57 Å². The molecule has 0 unspecified atom stereocenters. The zero-order valence-corrected chi connectivity index (χ0v) is 18.7. The quantitative estimate of drug-likeness (QED) is 0.777. The van der Waals surface area contributed by atoms with Crippen LogP contribution in [0.4, 0.5) is 11.4 Å². The zero-order valence-electron chi connectivity index (χ0n) is 18.7. The van der Waals surface area contributed by atoms with E-state index in [4.69, 9.17) is 4.74 Å². The first kappa shape index (κ1) is 21.4. The van der Waals surface area contributed by atoms with Crippen molar-refractivity contribution in [2.45, 2.75) is 13.3 Å². The van der Waals surface area contributed by atoms with E-state index >= 15 is 0 Å². The topological polar surface area (TPSA) is 56.8 Å². The van der Waals surface area contributed by atoms with Gasteiger partial charge in [0, 0.05) is 50.6 Å². The highest BCUT2D eigenvalue weighted by molar-refractivity contribution is 6.06. The van der Waals surface area contributed by atoms with Crippen LogP contribution in [0, 0.1) is 6.92 Å². The number of aryl methyl sites for hydroxylation is 1. The van der Waals surface area contributed by atoms with E-state index in [1.807, 2.05) is 30.3 Å². The molecule has 0 spiro atoms. The van der Waals surface area contributed by atoms with Crippen molar-refractivity contribution in [2.24, 2.45) is 0 Å². The number of hydrogen-bond acceptors (Lipinski definition) is 5. The summed E-state index contributed by atoms with van der Waals surface area (Å²) < 4.78 is 5.57. The SMILES string of the molecule is COc1cc(C2=CCN(C)CC2)ccc1C(=O)Nc1ccc(N2CCNCC2)c(C)c1. The molecule has 0 aromatic heterocycles. The molecule has 6 nitrogen and oxygen atoms in total. The van der Waals surface area contributed by atoms with Gasteiger partial charge >= 0.3 is 0 Å². The van der Waals surface area contributed by atoms with Gasteiger partial charge in [-0.05, 0) is 67.4 Å². The van der Waals surface area contributed by atoms with Gasteiger partial charge in [-0.15, -0.1) is 0 Å². The Bertz CT molecular complexity index is 979. The fourth-order valence-corrected chi connectivity index (χ4v) is 4.30. The number of anilines is 2. The van der Waals surface area contributed by atoms with Gasteiger partial charge in [0.15, 0.2) is 0 Å². The summed E-state index contributed by atoms with van der Waals surface area (Å²) in [6.45, 7) is 8.09. The summed E-state index contributed by atoms with van der Waals surface area (Å²) in [6.07, 6.45) is 3.25. The second-order valence-electron chi connectivity index (χ2n) is 8.35. The van der Waals surface area contributed by atoms with Gasteiger partial charge in [0.05, 0.1) is 12.7 Å². The van der Waals surface area contributed by atoms with E-state index in [-0.39, 0.29) is 5.91 Å². The monoisotopic (exact) mass is 420 g/mol. The van der Waals surface area contributed by atoms with Crippen molar-refractivity contribution in [2.75, 3.05) is 63.6 Å². The summed E-state index contributed by atoms with van der Waals surface area (Å²) in [5.74, 6) is 0.444. The molecule has 4 rings (SSSR count). The second-order valence-corrected chi connectivity index (χ2v) is 8.35. The lowest BCUT2D eigenvalue weighted by atomic mass is 9.97. The van der Waals surface area contributed by atoms with Crippen LogP contribution < -0.4 is 20.3 Å². The molecule has 2 aliphatic rings. The largest absolute Gasteiger partial charge is 0.496 e. The Kier molecular flexibility index (Phi) is 6.59. The minimum absolute atomic E-state index is 0.157. The van der Waals surface area contributed by atoms with Crippen molar-refractivity contribution < 1.29 is 9.53 Å². The van der Waals surface area contributed by atoms with E-state index in [0.717, 1.165) is 62.5 Å². The highest BCUT2D eigenvalue weighted by Gasteiger charge is 2.17. The lowest BCUT2D eigenvalue weighted by Crippen LogP contribution is -2.43. The summed E-state index contributed by atoms with van der Waals surface area (Å²) in [7, 11) is 3.74. The minimum atomic E-state index is -0.157. The number of nitrogens with zero attached hydrogens (tertiary/aromatic N) is 2. The molecule has 0 atom stereocenters. The highest BCUT2D eigenvalue weighted by atomic mass is 16.5. The van der Waals surface area contributed by atoms with Crippen molar-refractivity contribution in [3.63, 3.8) is 0 Å². The second kappa shape index (κ2) is 9.54. The van der Waals surface area contributed by atoms with Crippen molar-refractivity contribution in [3.8, 4) is 5.75 Å². The summed E-state index contributed by atoms with van der Waals surface area (Å²) in [5, 5.41) is 6.42. The molecule has 2 aromatic carbocycles. The molecule has 1 saturated heterocycles. The fourth-order valence-electron chi connectivity index (χ4n) is 4.30. The molecule has 2 N–H and O–H groups in total. The number of ether oxygens (including phenoxy) is 1. The van der Waals surface area contributed by atoms with Crippen molar-refractivity contribution in [1.82, 2.24) is 10.2 Å². The number of rotatable bonds is 5. The highest BCUT2D eigenvalue weighted by Crippen LogP contribution is 2.29. The van der Waals surface area contributed by atoms with Crippen LogP contribution in [0.1, 0.15) is 27.9 Å². The van der Waals surface area contributed by atoms with E-state index in [0.29, 0.717) is 11.3 Å². The summed E-state index contributed by atoms with van der Waals surface area (Å²) in [5.41, 5.74) is 6.17. The Hall–Kier alpha value is -2.83. The summed E-state index contributed by atoms with van der Waals surface area (Å²) in [4.78, 5) is 17.7. The number of carbonyl (C=O) groups is 1. The van der Waals surface area contributed by atoms with Gasteiger partial charge in [0.25, 0.3) is 5.91 Å². The summed E-state index contributed by atoms with van der Waals surface area (Å²) in [6, 6.07) is 12.0. The average molecular weight is 421 g/mol. The van der Waals surface area contributed by atoms with Crippen molar-refractivity contribution in [1.29, 1.82) is 0 Å². The minimum Gasteiger partial charge on any atom is -0.496 e. The van der Waals surface area contributed by atoms with E-state index in [9.17, 15) is 4.79 Å². The zero-order chi connectivity index (χ0) is 21.8. The number of methoxy groups -OCH3 is 1. The van der Waals surface area contributed by atoms with Gasteiger partial charge in [0.1, 0.15) is 5.75 Å². The van der Waals surface area contributed by atoms with Crippen molar-refractivity contribution in [3.05, 3.63) is 59.2 Å². The van der Waals surface area contributed by atoms with Crippen LogP contribution in [0.5, 0.6) is 5.75 Å². The Morgan fingerprint density at radius 1 is 1.10 bits per heavy atom. The van der Waals surface area contributed by atoms with E-state index in [1.54, 1.807) is 7.11 Å². The molecule has 164 valence electrons. The molecule has 2 aromatic rings. The maximum Gasteiger partial charge on any atom is 0.259 e. The number of hydrogen-bond donors (Lipinski definition) is 2. The number of piperazine rings is 1. The van der Waals surface area contributed by atoms with Gasteiger partial charge in [-0.25, -0.2) is 0 Å². The Morgan fingerprint density at radius 3 is 2.58 bits per heavy atom. The molecule has 0 saturated carbocycles. The number of carbonyl (C=O) groups excluding carboxylic acids is 1. The molecular weight excluding hydrogens is 388 g/mol. The standard InChI is InChI=1S/C25H32N4O2/c1-18-16-21(5-7-23(18)29-14-10-26-11-15-29)27-25(30)22-6-4-20(17-24(22)31-3)19-8-12-28(2)13-9-19/h4-8,16-17,26H,9-15H2,1-3H3,(H,27,30). The lowest BCUT2D eigenvalue weighted by molar-refractivity contribution is 0.102. The molecular formula is C25H32N4O2. The van der Waals surface area contributed by atoms with E-state index in [1.165, 1.54) is 11.3 Å². The number of amides is 1. The molecule has 31 heavy (non-hydrogen) atoms. The smallest absolute Gasteiger partial charge is 0.259 e. The average Bonchev–Trinajstić information content (AvgIpc) is 2.80. The predicted octanol–water partition coefficient (Wildman–Crippen LogP) is 3.38. The lowest BCUT2D eigenvalue weighted by Gasteiger charge is -2.30. The molecule has 2 aliphatic heterocycles. The van der Waals surface area contributed by atoms with E-state index in [2.05, 4.69) is 46.5 Å². The third-order valence-electron chi connectivity index (χ3n) is 6.14. The molecule has 0 radical (unpaired) electrons. The first-order valence-corrected chi connectivity index (χ1v) is 11.0. The van der Waals surface area contributed by atoms with Gasteiger partial charge in [-0.3, -0.25) is 4.79 Å². The van der Waals surface area contributed by atoms with Gasteiger partial charge in [-0.2, -0.15) is 0 Å². The first-order valence-electron chi connectivity index (χ1n) is 11.0. The fraction of sp³-hybridized carbons (Fsp3) is 0.400. The third kappa shape index (κ3) is 4.92. The van der Waals surface area contributed by atoms with Crippen molar-refractivity contribution >= 4 is 22.9 Å². The molecule has 0 aliphatic carbocycles. The summed E-state index contributed by atoms with van der Waals surface area (Å²) >= 11 is 0. The van der Waals surface area contributed by atoms with E-state index < -0.39 is 0 Å². The molecule has 6 heteroatoms. The maximum atomic E-state index is 13.0. The van der Waals surface area contributed by atoms with Crippen LogP contribution in [0.3, 0.4) is 0 Å². The Balaban J connectivity index is 1.49. The van der Waals surface area contributed by atoms with Crippen LogP contribution in [-0.2, 0) is 0 Å². The number of benzene rings is 2. The Morgan fingerprint density at radius 2 is 1.90 bits per heavy atom. The van der Waals surface area contributed by atoms with Crippen LogP contribution in [0.15, 0.2) is 42.5 Å². The van der Waals surface area contributed by atoms with Crippen LogP contribution >= 0.6 is 0 Å². The van der Waals surface area contributed by atoms with Gasteiger partial charge in [0.2, 0.25) is 0 Å².